The Labute approximate surface area is 228 Å². The molecule has 0 unspecified atom stereocenters. The number of hydrogen-bond acceptors (Lipinski definition) is 5. The summed E-state index contributed by atoms with van der Waals surface area (Å²) in [5, 5.41) is 21.5. The molecule has 1 saturated heterocycles. The zero-order valence-corrected chi connectivity index (χ0v) is 22.5. The van der Waals surface area contributed by atoms with E-state index < -0.39 is 5.60 Å². The van der Waals surface area contributed by atoms with Gasteiger partial charge in [0, 0.05) is 30.7 Å². The maximum absolute atomic E-state index is 10.3. The van der Waals surface area contributed by atoms with E-state index in [1.165, 1.54) is 0 Å². The van der Waals surface area contributed by atoms with Gasteiger partial charge in [0.05, 0.1) is 41.6 Å². The number of piperazine rings is 1. The summed E-state index contributed by atoms with van der Waals surface area (Å²) in [4.78, 5) is 8.02. The molecule has 0 amide bonds. The van der Waals surface area contributed by atoms with Crippen molar-refractivity contribution in [1.29, 1.82) is 0 Å². The molecule has 37 heavy (non-hydrogen) atoms. The number of aliphatic hydroxyl groups is 2. The van der Waals surface area contributed by atoms with Crippen LogP contribution in [-0.2, 0) is 0 Å². The fourth-order valence-electron chi connectivity index (χ4n) is 4.62. The first-order valence-corrected chi connectivity index (χ1v) is 12.9. The number of nitrogens with zero attached hydrogens (tertiary/aromatic N) is 3. The van der Waals surface area contributed by atoms with Gasteiger partial charge in [-0.25, -0.2) is 4.85 Å². The molecule has 4 rings (SSSR count). The van der Waals surface area contributed by atoms with Crippen LogP contribution in [0.1, 0.15) is 37.1 Å². The molecule has 1 aliphatic rings. The van der Waals surface area contributed by atoms with E-state index in [0.717, 1.165) is 16.8 Å². The topological polar surface area (TPSA) is 60.5 Å². The maximum atomic E-state index is 10.3. The Balaban J connectivity index is 1.62. The second-order valence-electron chi connectivity index (χ2n) is 9.87. The van der Waals surface area contributed by atoms with Gasteiger partial charge in [0.1, 0.15) is 12.4 Å². The molecule has 2 N–H and O–H groups in total. The van der Waals surface area contributed by atoms with Crippen molar-refractivity contribution in [2.45, 2.75) is 31.5 Å². The van der Waals surface area contributed by atoms with Crippen LogP contribution in [0.15, 0.2) is 66.7 Å². The van der Waals surface area contributed by atoms with Crippen molar-refractivity contribution in [2.75, 3.05) is 37.7 Å². The third-order valence-corrected chi connectivity index (χ3v) is 7.06. The summed E-state index contributed by atoms with van der Waals surface area (Å²) in [7, 11) is 0. The highest BCUT2D eigenvalue weighted by Crippen LogP contribution is 2.39. The van der Waals surface area contributed by atoms with Gasteiger partial charge in [0.15, 0.2) is 5.69 Å². The highest BCUT2D eigenvalue weighted by Gasteiger charge is 2.33. The van der Waals surface area contributed by atoms with Crippen LogP contribution in [0.5, 0.6) is 5.75 Å². The largest absolute Gasteiger partial charge is 0.491 e. The first kappa shape index (κ1) is 27.3. The molecule has 0 radical (unpaired) electrons. The summed E-state index contributed by atoms with van der Waals surface area (Å²) in [5.74, 6) is 0.598. The van der Waals surface area contributed by atoms with Crippen LogP contribution in [0.3, 0.4) is 0 Å². The average Bonchev–Trinajstić information content (AvgIpc) is 2.88. The summed E-state index contributed by atoms with van der Waals surface area (Å²) in [6, 6.07) is 20.6. The number of halogens is 2. The molecule has 1 heterocycles. The molecule has 2 atom stereocenters. The molecule has 0 aliphatic carbocycles. The molecule has 6 nitrogen and oxygen atoms in total. The molecule has 0 bridgehead atoms. The molecule has 8 heteroatoms. The van der Waals surface area contributed by atoms with E-state index in [1.807, 2.05) is 48.5 Å². The van der Waals surface area contributed by atoms with Crippen molar-refractivity contribution in [1.82, 2.24) is 4.90 Å². The van der Waals surface area contributed by atoms with Crippen LogP contribution in [0.25, 0.3) is 4.85 Å². The van der Waals surface area contributed by atoms with Crippen molar-refractivity contribution in [2.24, 2.45) is 0 Å². The van der Waals surface area contributed by atoms with Crippen molar-refractivity contribution >= 4 is 34.6 Å². The third-order valence-electron chi connectivity index (χ3n) is 6.51. The predicted molar refractivity (Wildman–Crippen MR) is 149 cm³/mol. The van der Waals surface area contributed by atoms with Gasteiger partial charge in [-0.1, -0.05) is 59.6 Å². The number of anilines is 1. The minimum atomic E-state index is -0.944. The Hall–Kier alpha value is -2.79. The van der Waals surface area contributed by atoms with E-state index in [4.69, 9.17) is 34.5 Å². The SMILES string of the molecule is [C-]#[N+]c1ccc([C@@H](CO)N2CCN(c3ccc(OCC(C)(C)O)cc3Cl)[C@H](c3ccc(Cl)cc3)C2)cc1. The summed E-state index contributed by atoms with van der Waals surface area (Å²) < 4.78 is 5.72. The first-order valence-electron chi connectivity index (χ1n) is 12.2. The lowest BCUT2D eigenvalue weighted by atomic mass is 9.98. The van der Waals surface area contributed by atoms with Crippen LogP contribution < -0.4 is 9.64 Å². The second kappa shape index (κ2) is 11.7. The molecule has 0 spiro atoms. The van der Waals surface area contributed by atoms with Crippen LogP contribution >= 0.6 is 23.2 Å². The monoisotopic (exact) mass is 539 g/mol. The smallest absolute Gasteiger partial charge is 0.187 e. The van der Waals surface area contributed by atoms with Gasteiger partial charge >= 0.3 is 0 Å². The predicted octanol–water partition coefficient (Wildman–Crippen LogP) is 6.29. The fraction of sp³-hybridized carbons (Fsp3) is 0.345. The Kier molecular flexibility index (Phi) is 8.63. The molecule has 194 valence electrons. The standard InChI is InChI=1S/C29H31Cl2N3O3/c1-29(2,36)19-37-24-12-13-26(25(31)16-24)34-15-14-33(17-27(34)20-4-8-22(30)9-5-20)28(18-35)21-6-10-23(32-3)11-7-21/h4-13,16,27-28,35-36H,14-15,17-19H2,1-2H3/t27-,28+/m0/s1. The van der Waals surface area contributed by atoms with Crippen molar-refractivity contribution in [3.63, 3.8) is 0 Å². The lowest BCUT2D eigenvalue weighted by Gasteiger charge is -2.46. The fourth-order valence-corrected chi connectivity index (χ4v) is 5.02. The van der Waals surface area contributed by atoms with Gasteiger partial charge in [-0.05, 0) is 49.2 Å². The van der Waals surface area contributed by atoms with Gasteiger partial charge in [0.25, 0.3) is 0 Å². The molecule has 3 aromatic carbocycles. The van der Waals surface area contributed by atoms with Crippen LogP contribution in [0.4, 0.5) is 11.4 Å². The summed E-state index contributed by atoms with van der Waals surface area (Å²) in [6.07, 6.45) is 0. The van der Waals surface area contributed by atoms with Crippen molar-refractivity contribution in [3.05, 3.63) is 99.3 Å². The zero-order chi connectivity index (χ0) is 26.6. The Morgan fingerprint density at radius 3 is 2.35 bits per heavy atom. The van der Waals surface area contributed by atoms with Crippen LogP contribution in [-0.4, -0.2) is 53.6 Å². The first-order chi connectivity index (χ1) is 17.7. The van der Waals surface area contributed by atoms with Crippen LogP contribution in [0.2, 0.25) is 10.0 Å². The minimum absolute atomic E-state index is 0.0291. The van der Waals surface area contributed by atoms with Gasteiger partial charge in [0.2, 0.25) is 0 Å². The number of rotatable bonds is 8. The van der Waals surface area contributed by atoms with E-state index in [9.17, 15) is 10.2 Å². The van der Waals surface area contributed by atoms with Crippen molar-refractivity contribution in [3.8, 4) is 5.75 Å². The van der Waals surface area contributed by atoms with Gasteiger partial charge < -0.3 is 19.8 Å². The Bertz CT molecular complexity index is 1240. The quantitative estimate of drug-likeness (QED) is 0.329. The van der Waals surface area contributed by atoms with Gasteiger partial charge in [-0.15, -0.1) is 0 Å². The highest BCUT2D eigenvalue weighted by atomic mass is 35.5. The van der Waals surface area contributed by atoms with Crippen molar-refractivity contribution < 1.29 is 14.9 Å². The highest BCUT2D eigenvalue weighted by molar-refractivity contribution is 6.33. The summed E-state index contributed by atoms with van der Waals surface area (Å²) in [6.45, 7) is 12.8. The average molecular weight is 540 g/mol. The second-order valence-corrected chi connectivity index (χ2v) is 10.7. The number of benzene rings is 3. The molecular weight excluding hydrogens is 509 g/mol. The minimum Gasteiger partial charge on any atom is -0.491 e. The maximum Gasteiger partial charge on any atom is 0.187 e. The summed E-state index contributed by atoms with van der Waals surface area (Å²) >= 11 is 12.9. The number of ether oxygens (including phenoxy) is 1. The van der Waals surface area contributed by atoms with Crippen LogP contribution in [0, 0.1) is 6.57 Å². The Morgan fingerprint density at radius 2 is 1.76 bits per heavy atom. The van der Waals surface area contributed by atoms with Gasteiger partial charge in [-0.2, -0.15) is 0 Å². The molecule has 1 aliphatic heterocycles. The molecule has 0 saturated carbocycles. The number of hydrogen-bond donors (Lipinski definition) is 2. The third kappa shape index (κ3) is 6.75. The Morgan fingerprint density at radius 1 is 1.05 bits per heavy atom. The van der Waals surface area contributed by atoms with E-state index in [2.05, 4.69) is 14.6 Å². The lowest BCUT2D eigenvalue weighted by molar-refractivity contribution is 0.0285. The molecule has 1 fully saturated rings. The van der Waals surface area contributed by atoms with E-state index in [-0.39, 0.29) is 25.3 Å². The van der Waals surface area contributed by atoms with E-state index in [0.29, 0.717) is 41.1 Å². The zero-order valence-electron chi connectivity index (χ0n) is 20.9. The normalized spacial score (nSPS) is 17.3. The molecule has 0 aromatic heterocycles. The molecule has 3 aromatic rings. The molecular formula is C29H31Cl2N3O3. The lowest BCUT2D eigenvalue weighted by Crippen LogP contribution is -2.50. The van der Waals surface area contributed by atoms with Gasteiger partial charge in [-0.3, -0.25) is 4.90 Å². The van der Waals surface area contributed by atoms with E-state index >= 15 is 0 Å². The van der Waals surface area contributed by atoms with E-state index in [1.54, 1.807) is 32.0 Å². The summed E-state index contributed by atoms with van der Waals surface area (Å²) in [5.41, 5.74) is 2.59. The number of aliphatic hydroxyl groups excluding tert-OH is 1.